The quantitative estimate of drug-likeness (QED) is 0.536. The van der Waals surface area contributed by atoms with Crippen molar-refractivity contribution < 1.29 is 9.36 Å². The van der Waals surface area contributed by atoms with Crippen LogP contribution in [-0.2, 0) is 14.1 Å². The average Bonchev–Trinajstić information content (AvgIpc) is 2.88. The number of para-hydroxylation sites is 1. The molecule has 0 unspecified atom stereocenters. The molecule has 0 bridgehead atoms. The number of ketones is 1. The van der Waals surface area contributed by atoms with Gasteiger partial charge in [-0.15, -0.1) is 0 Å². The Bertz CT molecular complexity index is 888. The molecule has 110 valence electrons. The van der Waals surface area contributed by atoms with Crippen LogP contribution in [0.3, 0.4) is 0 Å². The minimum atomic E-state index is 0.0819. The zero-order chi connectivity index (χ0) is 15.7. The van der Waals surface area contributed by atoms with Crippen LogP contribution in [0.4, 0.5) is 0 Å². The molecule has 1 aromatic carbocycles. The number of hydrogen-bond donors (Lipinski definition) is 0. The van der Waals surface area contributed by atoms with Crippen LogP contribution in [0.2, 0.25) is 0 Å². The fourth-order valence-electron chi connectivity index (χ4n) is 2.75. The number of Topliss-reactive ketones (excluding diaryl/α,β-unsaturated/α-hetero) is 1. The Kier molecular flexibility index (Phi) is 3.63. The van der Waals surface area contributed by atoms with Gasteiger partial charge < -0.3 is 4.57 Å². The van der Waals surface area contributed by atoms with Crippen LogP contribution in [0.1, 0.15) is 28.8 Å². The van der Waals surface area contributed by atoms with Crippen LogP contribution < -0.4 is 4.57 Å². The van der Waals surface area contributed by atoms with Gasteiger partial charge in [0.15, 0.2) is 5.78 Å². The highest BCUT2D eigenvalue weighted by Crippen LogP contribution is 2.14. The van der Waals surface area contributed by atoms with Gasteiger partial charge in [0.25, 0.3) is 0 Å². The summed E-state index contributed by atoms with van der Waals surface area (Å²) in [6, 6.07) is 16.4. The molecule has 0 saturated heterocycles. The number of nitrogens with zero attached hydrogens (tertiary/aromatic N) is 2. The van der Waals surface area contributed by atoms with Gasteiger partial charge in [-0.25, -0.2) is 0 Å². The summed E-state index contributed by atoms with van der Waals surface area (Å²) in [6.07, 6.45) is 4.11. The summed E-state index contributed by atoms with van der Waals surface area (Å²) in [6.45, 7) is 1.59. The SMILES string of the molecule is CC(=O)c1ccc(/C=C/c2ccc3ccccc3[n+]2C)n1C. The van der Waals surface area contributed by atoms with Gasteiger partial charge in [-0.1, -0.05) is 12.1 Å². The number of aromatic nitrogens is 2. The summed E-state index contributed by atoms with van der Waals surface area (Å²) < 4.78 is 4.08. The van der Waals surface area contributed by atoms with Crippen LogP contribution in [0.5, 0.6) is 0 Å². The molecule has 2 aromatic heterocycles. The molecule has 0 spiro atoms. The van der Waals surface area contributed by atoms with E-state index in [9.17, 15) is 4.79 Å². The highest BCUT2D eigenvalue weighted by molar-refractivity contribution is 5.93. The van der Waals surface area contributed by atoms with Crippen molar-refractivity contribution in [1.82, 2.24) is 4.57 Å². The average molecular weight is 291 g/mol. The predicted molar refractivity (Wildman–Crippen MR) is 89.5 cm³/mol. The van der Waals surface area contributed by atoms with Crippen molar-refractivity contribution in [2.75, 3.05) is 0 Å². The van der Waals surface area contributed by atoms with Gasteiger partial charge in [0, 0.05) is 43.3 Å². The van der Waals surface area contributed by atoms with E-state index >= 15 is 0 Å². The van der Waals surface area contributed by atoms with E-state index in [1.807, 2.05) is 42.0 Å². The largest absolute Gasteiger partial charge is 0.342 e. The first-order valence-corrected chi connectivity index (χ1v) is 7.30. The molecule has 3 rings (SSSR count). The van der Waals surface area contributed by atoms with Crippen molar-refractivity contribution in [2.24, 2.45) is 14.1 Å². The third kappa shape index (κ3) is 2.46. The molecule has 0 saturated carbocycles. The molecule has 0 aliphatic carbocycles. The maximum atomic E-state index is 11.5. The highest BCUT2D eigenvalue weighted by Gasteiger charge is 2.09. The van der Waals surface area contributed by atoms with Gasteiger partial charge in [0.05, 0.1) is 5.69 Å². The highest BCUT2D eigenvalue weighted by atomic mass is 16.1. The van der Waals surface area contributed by atoms with Crippen LogP contribution in [0.15, 0.2) is 48.5 Å². The summed E-state index contributed by atoms with van der Waals surface area (Å²) in [4.78, 5) is 11.5. The summed E-state index contributed by atoms with van der Waals surface area (Å²) in [5.74, 6) is 0.0819. The molecule has 22 heavy (non-hydrogen) atoms. The first kappa shape index (κ1) is 14.3. The molecule has 0 aliphatic heterocycles. The Hall–Kier alpha value is -2.68. The lowest BCUT2D eigenvalue weighted by Gasteiger charge is -2.02. The second-order valence-corrected chi connectivity index (χ2v) is 5.47. The number of carbonyl (C=O) groups is 1. The zero-order valence-electron chi connectivity index (χ0n) is 13.1. The topological polar surface area (TPSA) is 25.9 Å². The predicted octanol–water partition coefficient (Wildman–Crippen LogP) is 3.38. The standard InChI is InChI=1S/C19H19N2O/c1-14(22)18-13-12-17(20(18)2)11-10-16-9-8-15-6-4-5-7-19(15)21(16)3/h4-13H,1-3H3/q+1. The second-order valence-electron chi connectivity index (χ2n) is 5.47. The van der Waals surface area contributed by atoms with Gasteiger partial charge in [0.1, 0.15) is 7.05 Å². The molecule has 3 aromatic rings. The number of pyridine rings is 1. The molecule has 0 N–H and O–H groups in total. The van der Waals surface area contributed by atoms with Gasteiger partial charge in [0.2, 0.25) is 11.2 Å². The minimum absolute atomic E-state index is 0.0819. The number of rotatable bonds is 3. The van der Waals surface area contributed by atoms with Gasteiger partial charge >= 0.3 is 0 Å². The Morgan fingerprint density at radius 3 is 2.55 bits per heavy atom. The number of benzene rings is 1. The minimum Gasteiger partial charge on any atom is -0.342 e. The van der Waals surface area contributed by atoms with Crippen LogP contribution in [0.25, 0.3) is 23.1 Å². The van der Waals surface area contributed by atoms with E-state index in [1.54, 1.807) is 6.92 Å². The van der Waals surface area contributed by atoms with E-state index in [-0.39, 0.29) is 5.78 Å². The van der Waals surface area contributed by atoms with E-state index in [1.165, 1.54) is 10.9 Å². The number of fused-ring (bicyclic) bond motifs is 1. The van der Waals surface area contributed by atoms with Crippen LogP contribution in [-0.4, -0.2) is 10.4 Å². The van der Waals surface area contributed by atoms with Crippen molar-refractivity contribution in [3.05, 3.63) is 65.6 Å². The maximum Gasteiger partial charge on any atom is 0.212 e. The molecular weight excluding hydrogens is 272 g/mol. The van der Waals surface area contributed by atoms with E-state index in [4.69, 9.17) is 0 Å². The van der Waals surface area contributed by atoms with Crippen molar-refractivity contribution >= 4 is 28.8 Å². The third-order valence-corrected chi connectivity index (χ3v) is 4.07. The summed E-state index contributed by atoms with van der Waals surface area (Å²) in [5.41, 5.74) is 4.05. The molecule has 0 aliphatic rings. The molecule has 2 heterocycles. The van der Waals surface area contributed by atoms with Crippen LogP contribution >= 0.6 is 0 Å². The normalized spacial score (nSPS) is 11.4. The fraction of sp³-hybridized carbons (Fsp3) is 0.158. The van der Waals surface area contributed by atoms with E-state index in [0.29, 0.717) is 0 Å². The van der Waals surface area contributed by atoms with Crippen molar-refractivity contribution in [3.63, 3.8) is 0 Å². The lowest BCUT2D eigenvalue weighted by molar-refractivity contribution is -0.646. The number of carbonyl (C=O) groups excluding carboxylic acids is 1. The lowest BCUT2D eigenvalue weighted by Crippen LogP contribution is -2.32. The van der Waals surface area contributed by atoms with Crippen molar-refractivity contribution in [1.29, 1.82) is 0 Å². The Balaban J connectivity index is 1.99. The van der Waals surface area contributed by atoms with Crippen LogP contribution in [0, 0.1) is 0 Å². The van der Waals surface area contributed by atoms with Gasteiger partial charge in [-0.2, -0.15) is 4.57 Å². The van der Waals surface area contributed by atoms with E-state index in [2.05, 4.69) is 42.0 Å². The summed E-state index contributed by atoms with van der Waals surface area (Å²) in [7, 11) is 3.98. The molecule has 3 nitrogen and oxygen atoms in total. The molecule has 0 radical (unpaired) electrons. The molecule has 0 atom stereocenters. The van der Waals surface area contributed by atoms with E-state index < -0.39 is 0 Å². The Morgan fingerprint density at radius 1 is 1.05 bits per heavy atom. The Labute approximate surface area is 130 Å². The molecular formula is C19H19N2O+. The van der Waals surface area contributed by atoms with Crippen molar-refractivity contribution in [3.8, 4) is 0 Å². The monoisotopic (exact) mass is 291 g/mol. The maximum absolute atomic E-state index is 11.5. The first-order chi connectivity index (χ1) is 10.6. The molecule has 3 heteroatoms. The van der Waals surface area contributed by atoms with Gasteiger partial charge in [-0.3, -0.25) is 4.79 Å². The van der Waals surface area contributed by atoms with Gasteiger partial charge in [-0.05, 0) is 30.3 Å². The molecule has 0 amide bonds. The zero-order valence-corrected chi connectivity index (χ0v) is 13.1. The smallest absolute Gasteiger partial charge is 0.212 e. The van der Waals surface area contributed by atoms with Crippen molar-refractivity contribution in [2.45, 2.75) is 6.92 Å². The third-order valence-electron chi connectivity index (χ3n) is 4.07. The lowest BCUT2D eigenvalue weighted by atomic mass is 10.2. The Morgan fingerprint density at radius 2 is 1.82 bits per heavy atom. The second kappa shape index (κ2) is 5.60. The fourth-order valence-corrected chi connectivity index (χ4v) is 2.75. The molecule has 0 fully saturated rings. The summed E-state index contributed by atoms with van der Waals surface area (Å²) in [5, 5.41) is 1.22. The summed E-state index contributed by atoms with van der Waals surface area (Å²) >= 11 is 0. The number of hydrogen-bond acceptors (Lipinski definition) is 1. The first-order valence-electron chi connectivity index (χ1n) is 7.30. The number of aryl methyl sites for hydroxylation is 1. The van der Waals surface area contributed by atoms with E-state index in [0.717, 1.165) is 17.1 Å².